The molecule has 0 aromatic heterocycles. The molecule has 0 radical (unpaired) electrons. The van der Waals surface area contributed by atoms with Crippen LogP contribution in [0.3, 0.4) is 0 Å². The number of thioether (sulfide) groups is 1. The quantitative estimate of drug-likeness (QED) is 0.480. The summed E-state index contributed by atoms with van der Waals surface area (Å²) in [7, 11) is -3.89. The molecule has 2 aromatic carbocycles. The second kappa shape index (κ2) is 6.56. The van der Waals surface area contributed by atoms with Gasteiger partial charge in [0, 0.05) is 15.5 Å². The number of benzene rings is 2. The van der Waals surface area contributed by atoms with E-state index in [1.54, 1.807) is 37.3 Å². The Kier molecular flexibility index (Phi) is 4.60. The number of nitriles is 1. The molecule has 0 spiro atoms. The number of ketones is 1. The number of nitrogens with zero attached hydrogens (tertiary/aromatic N) is 1. The Morgan fingerprint density at radius 3 is 2.56 bits per heavy atom. The minimum atomic E-state index is -3.89. The van der Waals surface area contributed by atoms with Gasteiger partial charge in [-0.25, -0.2) is 8.42 Å². The summed E-state index contributed by atoms with van der Waals surface area (Å²) >= 11 is 7.08. The molecule has 1 aliphatic rings. The van der Waals surface area contributed by atoms with Crippen LogP contribution in [0.25, 0.3) is 0 Å². The van der Waals surface area contributed by atoms with E-state index in [9.17, 15) is 18.5 Å². The Morgan fingerprint density at radius 2 is 1.92 bits per heavy atom. The molecular formula is C17H11ClN2O3S2. The Bertz CT molecular complexity index is 1060. The predicted octanol–water partition coefficient (Wildman–Crippen LogP) is 3.65. The third-order valence-corrected chi connectivity index (χ3v) is 6.68. The van der Waals surface area contributed by atoms with E-state index in [-0.39, 0.29) is 15.5 Å². The highest BCUT2D eigenvalue weighted by Crippen LogP contribution is 2.40. The van der Waals surface area contributed by atoms with Crippen LogP contribution in [0.15, 0.2) is 62.9 Å². The summed E-state index contributed by atoms with van der Waals surface area (Å²) < 4.78 is 27.3. The molecule has 2 aromatic rings. The molecule has 126 valence electrons. The lowest BCUT2D eigenvalue weighted by molar-refractivity contribution is 0.103. The maximum atomic E-state index is 12.6. The van der Waals surface area contributed by atoms with Crippen molar-refractivity contribution < 1.29 is 13.2 Å². The molecule has 25 heavy (non-hydrogen) atoms. The number of halogens is 1. The van der Waals surface area contributed by atoms with Crippen LogP contribution >= 0.6 is 23.4 Å². The maximum Gasteiger partial charge on any atom is 0.263 e. The molecule has 1 heterocycles. The van der Waals surface area contributed by atoms with Crippen molar-refractivity contribution in [1.29, 1.82) is 5.26 Å². The minimum Gasteiger partial charge on any atom is -0.288 e. The van der Waals surface area contributed by atoms with Gasteiger partial charge in [0.2, 0.25) is 5.78 Å². The normalized spacial score (nSPS) is 17.0. The van der Waals surface area contributed by atoms with Gasteiger partial charge in [-0.05, 0) is 24.6 Å². The number of fused-ring (bicyclic) bond motifs is 1. The first-order valence-electron chi connectivity index (χ1n) is 7.08. The molecule has 0 aliphatic carbocycles. The standard InChI is InChI=1S/C17H11ClN2O3S2/c1-10-7-15-14(8-13(10)18)24-17(20-25(15,22)23)12(9-19)16(21)11-5-3-2-4-6-11/h2-8,20H,1H3. The van der Waals surface area contributed by atoms with Crippen molar-refractivity contribution in [3.05, 3.63) is 69.2 Å². The van der Waals surface area contributed by atoms with E-state index < -0.39 is 15.8 Å². The fraction of sp³-hybridized carbons (Fsp3) is 0.0588. The third-order valence-electron chi connectivity index (χ3n) is 3.56. The van der Waals surface area contributed by atoms with Crippen LogP contribution in [0, 0.1) is 18.3 Å². The zero-order valence-electron chi connectivity index (χ0n) is 12.9. The molecule has 0 saturated heterocycles. The van der Waals surface area contributed by atoms with Gasteiger partial charge in [0.15, 0.2) is 0 Å². The summed E-state index contributed by atoms with van der Waals surface area (Å²) in [6, 6.07) is 13.0. The molecule has 0 amide bonds. The number of rotatable bonds is 2. The predicted molar refractivity (Wildman–Crippen MR) is 95.8 cm³/mol. The fourth-order valence-electron chi connectivity index (χ4n) is 2.27. The van der Waals surface area contributed by atoms with E-state index in [2.05, 4.69) is 4.72 Å². The van der Waals surface area contributed by atoms with Crippen molar-refractivity contribution in [2.45, 2.75) is 16.7 Å². The summed E-state index contributed by atoms with van der Waals surface area (Å²) in [5.74, 6) is -0.546. The third kappa shape index (κ3) is 3.29. The van der Waals surface area contributed by atoms with Gasteiger partial charge >= 0.3 is 0 Å². The SMILES string of the molecule is Cc1cc2c(cc1Cl)SC(=C(C#N)C(=O)c1ccccc1)NS2(=O)=O. The number of carbonyl (C=O) groups excluding carboxylic acids is 1. The van der Waals surface area contributed by atoms with Gasteiger partial charge in [-0.15, -0.1) is 0 Å². The van der Waals surface area contributed by atoms with Crippen LogP contribution in [0.1, 0.15) is 15.9 Å². The number of sulfonamides is 1. The van der Waals surface area contributed by atoms with Gasteiger partial charge in [-0.3, -0.25) is 9.52 Å². The van der Waals surface area contributed by atoms with Crippen molar-refractivity contribution in [3.8, 4) is 6.07 Å². The highest BCUT2D eigenvalue weighted by atomic mass is 35.5. The summed E-state index contributed by atoms with van der Waals surface area (Å²) in [5.41, 5.74) is 0.667. The van der Waals surface area contributed by atoms with Crippen molar-refractivity contribution >= 4 is 39.2 Å². The number of hydrogen-bond donors (Lipinski definition) is 1. The lowest BCUT2D eigenvalue weighted by Gasteiger charge is -2.21. The molecule has 0 unspecified atom stereocenters. The summed E-state index contributed by atoms with van der Waals surface area (Å²) in [6.07, 6.45) is 0. The Balaban J connectivity index is 2.14. The lowest BCUT2D eigenvalue weighted by atomic mass is 10.1. The van der Waals surface area contributed by atoms with E-state index in [0.717, 1.165) is 11.8 Å². The zero-order chi connectivity index (χ0) is 18.2. The number of allylic oxidation sites excluding steroid dienone is 1. The molecular weight excluding hydrogens is 380 g/mol. The first kappa shape index (κ1) is 17.5. The topological polar surface area (TPSA) is 87.0 Å². The van der Waals surface area contributed by atoms with Crippen LogP contribution in [-0.4, -0.2) is 14.2 Å². The highest BCUT2D eigenvalue weighted by molar-refractivity contribution is 8.05. The average molecular weight is 391 g/mol. The number of Topliss-reactive ketones (excluding diaryl/α,β-unsaturated/α-hetero) is 1. The van der Waals surface area contributed by atoms with Gasteiger partial charge in [0.1, 0.15) is 21.6 Å². The molecule has 1 N–H and O–H groups in total. The maximum absolute atomic E-state index is 12.6. The monoisotopic (exact) mass is 390 g/mol. The van der Waals surface area contributed by atoms with Crippen LogP contribution < -0.4 is 4.72 Å². The van der Waals surface area contributed by atoms with E-state index >= 15 is 0 Å². The molecule has 0 fully saturated rings. The van der Waals surface area contributed by atoms with Gasteiger partial charge in [-0.1, -0.05) is 53.7 Å². The van der Waals surface area contributed by atoms with Crippen LogP contribution in [0.5, 0.6) is 0 Å². The molecule has 3 rings (SSSR count). The molecule has 1 aliphatic heterocycles. The van der Waals surface area contributed by atoms with Crippen LogP contribution in [0.2, 0.25) is 5.02 Å². The van der Waals surface area contributed by atoms with Gasteiger partial charge < -0.3 is 0 Å². The van der Waals surface area contributed by atoms with Gasteiger partial charge in [0.05, 0.1) is 0 Å². The van der Waals surface area contributed by atoms with E-state index in [4.69, 9.17) is 11.6 Å². The van der Waals surface area contributed by atoms with E-state index in [1.165, 1.54) is 12.1 Å². The summed E-state index contributed by atoms with van der Waals surface area (Å²) in [6.45, 7) is 1.70. The lowest BCUT2D eigenvalue weighted by Crippen LogP contribution is -2.28. The number of carbonyl (C=O) groups is 1. The highest BCUT2D eigenvalue weighted by Gasteiger charge is 2.31. The Morgan fingerprint density at radius 1 is 1.24 bits per heavy atom. The Hall–Kier alpha value is -2.27. The molecule has 8 heteroatoms. The molecule has 0 bridgehead atoms. The Labute approximate surface area is 154 Å². The van der Waals surface area contributed by atoms with Gasteiger partial charge in [-0.2, -0.15) is 5.26 Å². The summed E-state index contributed by atoms with van der Waals surface area (Å²) in [4.78, 5) is 13.0. The molecule has 0 saturated carbocycles. The molecule has 5 nitrogen and oxygen atoms in total. The molecule has 0 atom stereocenters. The van der Waals surface area contributed by atoms with Gasteiger partial charge in [0.25, 0.3) is 10.0 Å². The smallest absolute Gasteiger partial charge is 0.263 e. The number of aryl methyl sites for hydroxylation is 1. The first-order chi connectivity index (χ1) is 11.8. The summed E-state index contributed by atoms with van der Waals surface area (Å²) in [5, 5.41) is 9.81. The van der Waals surface area contributed by atoms with Crippen LogP contribution in [0.4, 0.5) is 0 Å². The van der Waals surface area contributed by atoms with Crippen molar-refractivity contribution in [3.63, 3.8) is 0 Å². The van der Waals surface area contributed by atoms with Crippen molar-refractivity contribution in [2.24, 2.45) is 0 Å². The average Bonchev–Trinajstić information content (AvgIpc) is 2.58. The largest absolute Gasteiger partial charge is 0.288 e. The first-order valence-corrected chi connectivity index (χ1v) is 9.76. The fourth-order valence-corrected chi connectivity index (χ4v) is 5.36. The van der Waals surface area contributed by atoms with Crippen LogP contribution in [-0.2, 0) is 10.0 Å². The number of hydrogen-bond acceptors (Lipinski definition) is 5. The van der Waals surface area contributed by atoms with E-state index in [0.29, 0.717) is 21.0 Å². The van der Waals surface area contributed by atoms with Crippen molar-refractivity contribution in [2.75, 3.05) is 0 Å². The zero-order valence-corrected chi connectivity index (χ0v) is 15.3. The van der Waals surface area contributed by atoms with Crippen molar-refractivity contribution in [1.82, 2.24) is 4.72 Å². The minimum absolute atomic E-state index is 0.0243. The van der Waals surface area contributed by atoms with E-state index in [1.807, 2.05) is 6.07 Å². The second-order valence-electron chi connectivity index (χ2n) is 5.27. The second-order valence-corrected chi connectivity index (χ2v) is 8.38. The number of nitrogens with one attached hydrogen (secondary N) is 1.